The summed E-state index contributed by atoms with van der Waals surface area (Å²) in [5, 5.41) is 3.23. The van der Waals surface area contributed by atoms with Gasteiger partial charge in [0.2, 0.25) is 11.8 Å². The quantitative estimate of drug-likeness (QED) is 0.413. The van der Waals surface area contributed by atoms with Gasteiger partial charge in [0.25, 0.3) is 0 Å². The lowest BCUT2D eigenvalue weighted by Gasteiger charge is -2.38. The van der Waals surface area contributed by atoms with Crippen LogP contribution in [0.1, 0.15) is 90.4 Å². The summed E-state index contributed by atoms with van der Waals surface area (Å²) in [5.74, 6) is 1.75. The van der Waals surface area contributed by atoms with E-state index in [1.54, 1.807) is 11.8 Å². The lowest BCUT2D eigenvalue weighted by molar-refractivity contribution is -0.143. The molecule has 2 aliphatic heterocycles. The van der Waals surface area contributed by atoms with Crippen molar-refractivity contribution >= 4 is 39.4 Å². The fourth-order valence-electron chi connectivity index (χ4n) is 7.25. The fourth-order valence-corrected chi connectivity index (χ4v) is 11.2. The third-order valence-electron chi connectivity index (χ3n) is 9.80. The van der Waals surface area contributed by atoms with Gasteiger partial charge in [-0.15, -0.1) is 11.8 Å². The summed E-state index contributed by atoms with van der Waals surface area (Å²) in [6.07, 6.45) is 10.7. The van der Waals surface area contributed by atoms with Gasteiger partial charge in [-0.2, -0.15) is 0 Å². The van der Waals surface area contributed by atoms with Crippen LogP contribution in [0.15, 0.2) is 0 Å². The average molecular weight is 583 g/mol. The predicted molar refractivity (Wildman–Crippen MR) is 152 cm³/mol. The molecule has 2 heterocycles. The lowest BCUT2D eigenvalue weighted by Crippen LogP contribution is -2.48. The number of carbonyl (C=O) groups excluding carboxylic acids is 3. The third-order valence-corrected chi connectivity index (χ3v) is 13.8. The maximum absolute atomic E-state index is 13.3. The number of nitrogens with zero attached hydrogens (tertiary/aromatic N) is 1. The van der Waals surface area contributed by atoms with E-state index >= 15 is 0 Å². The maximum Gasteiger partial charge on any atom is 0.319 e. The Morgan fingerprint density at radius 3 is 2.28 bits per heavy atom. The Hall–Kier alpha value is -1.29. The number of thioether (sulfide) groups is 1. The molecule has 5 rings (SSSR count). The van der Waals surface area contributed by atoms with E-state index in [1.807, 2.05) is 11.8 Å². The summed E-state index contributed by atoms with van der Waals surface area (Å²) in [6.45, 7) is 3.75. The highest BCUT2D eigenvalue weighted by Gasteiger charge is 2.44. The molecule has 2 amide bonds. The van der Waals surface area contributed by atoms with E-state index in [4.69, 9.17) is 4.74 Å². The first-order valence-corrected chi connectivity index (χ1v) is 18.0. The van der Waals surface area contributed by atoms with Crippen LogP contribution in [-0.4, -0.2) is 78.3 Å². The van der Waals surface area contributed by atoms with E-state index in [-0.39, 0.29) is 46.2 Å². The average Bonchev–Trinajstić information content (AvgIpc) is 3.61. The molecule has 39 heavy (non-hydrogen) atoms. The minimum absolute atomic E-state index is 0.0230. The molecule has 3 atom stereocenters. The second kappa shape index (κ2) is 12.7. The van der Waals surface area contributed by atoms with Crippen molar-refractivity contribution in [2.45, 2.75) is 112 Å². The number of hydrogen-bond acceptors (Lipinski definition) is 7. The molecule has 0 spiro atoms. The second-order valence-electron chi connectivity index (χ2n) is 12.7. The van der Waals surface area contributed by atoms with Gasteiger partial charge in [-0.3, -0.25) is 14.4 Å². The molecule has 5 fully saturated rings. The van der Waals surface area contributed by atoms with E-state index in [0.717, 1.165) is 77.3 Å². The van der Waals surface area contributed by atoms with Crippen molar-refractivity contribution in [3.05, 3.63) is 0 Å². The van der Waals surface area contributed by atoms with Crippen molar-refractivity contribution in [1.29, 1.82) is 0 Å². The normalized spacial score (nSPS) is 35.2. The molecule has 2 saturated heterocycles. The van der Waals surface area contributed by atoms with Crippen LogP contribution in [0.2, 0.25) is 0 Å². The van der Waals surface area contributed by atoms with E-state index in [0.29, 0.717) is 48.7 Å². The standard InChI is InChI=1S/C29H46N2O6S2/c1-2-37-29(34)25-16-22-13-14-31(17-26(22)38-25)28(33)21-7-9-23(10-8-21)30-27(32)15-19-5-11-24(12-6-19)39(35,36)18-20-3-4-20/h19-26H,2-18H2,1H3,(H,30,32). The first kappa shape index (κ1) is 29.2. The zero-order valence-electron chi connectivity index (χ0n) is 23.4. The van der Waals surface area contributed by atoms with E-state index in [1.165, 1.54) is 0 Å². The number of hydrogen-bond donors (Lipinski definition) is 1. The van der Waals surface area contributed by atoms with Gasteiger partial charge < -0.3 is 15.0 Å². The number of rotatable bonds is 9. The van der Waals surface area contributed by atoms with Crippen LogP contribution >= 0.6 is 11.8 Å². The van der Waals surface area contributed by atoms with Crippen LogP contribution in [0.5, 0.6) is 0 Å². The minimum Gasteiger partial charge on any atom is -0.465 e. The molecule has 5 aliphatic rings. The SMILES string of the molecule is CCOC(=O)C1CC2CCN(C(=O)C3CCC(NC(=O)CC4CCC(S(=O)(=O)CC5CC5)CC4)CC3)CC2S1. The van der Waals surface area contributed by atoms with Crippen LogP contribution in [0.25, 0.3) is 0 Å². The summed E-state index contributed by atoms with van der Waals surface area (Å²) in [7, 11) is -2.98. The topological polar surface area (TPSA) is 110 Å². The largest absolute Gasteiger partial charge is 0.465 e. The van der Waals surface area contributed by atoms with Gasteiger partial charge in [0.15, 0.2) is 9.84 Å². The number of ether oxygens (including phenoxy) is 1. The molecule has 0 aromatic carbocycles. The summed E-state index contributed by atoms with van der Waals surface area (Å²) in [5.41, 5.74) is 0. The number of likely N-dealkylation sites (tertiary alicyclic amines) is 1. The van der Waals surface area contributed by atoms with Gasteiger partial charge >= 0.3 is 5.97 Å². The van der Waals surface area contributed by atoms with Crippen LogP contribution in [-0.2, 0) is 29.0 Å². The maximum atomic E-state index is 13.3. The van der Waals surface area contributed by atoms with Crippen LogP contribution in [0.4, 0.5) is 0 Å². The van der Waals surface area contributed by atoms with Gasteiger partial charge in [-0.05, 0) is 102 Å². The summed E-state index contributed by atoms with van der Waals surface area (Å²) >= 11 is 1.69. The molecule has 3 aliphatic carbocycles. The van der Waals surface area contributed by atoms with Gasteiger partial charge in [-0.1, -0.05) is 0 Å². The molecular formula is C29H46N2O6S2. The molecule has 1 N–H and O–H groups in total. The Kier molecular flexibility index (Phi) is 9.51. The summed E-state index contributed by atoms with van der Waals surface area (Å²) < 4.78 is 30.4. The van der Waals surface area contributed by atoms with Crippen molar-refractivity contribution in [3.8, 4) is 0 Å². The van der Waals surface area contributed by atoms with Gasteiger partial charge in [0, 0.05) is 36.7 Å². The van der Waals surface area contributed by atoms with Crippen LogP contribution in [0, 0.1) is 23.7 Å². The number of esters is 1. The molecule has 0 aromatic rings. The molecule has 0 aromatic heterocycles. The molecule has 10 heteroatoms. The predicted octanol–water partition coefficient (Wildman–Crippen LogP) is 3.72. The van der Waals surface area contributed by atoms with Crippen molar-refractivity contribution in [2.24, 2.45) is 23.7 Å². The first-order chi connectivity index (χ1) is 18.7. The Morgan fingerprint density at radius 1 is 0.923 bits per heavy atom. The van der Waals surface area contributed by atoms with E-state index in [9.17, 15) is 22.8 Å². The molecule has 0 radical (unpaired) electrons. The van der Waals surface area contributed by atoms with Crippen LogP contribution < -0.4 is 5.32 Å². The third kappa shape index (κ3) is 7.52. The Balaban J connectivity index is 0.994. The highest BCUT2D eigenvalue weighted by molar-refractivity contribution is 8.01. The molecule has 0 bridgehead atoms. The number of sulfone groups is 1. The van der Waals surface area contributed by atoms with Crippen molar-refractivity contribution in [1.82, 2.24) is 10.2 Å². The lowest BCUT2D eigenvalue weighted by atomic mass is 9.83. The van der Waals surface area contributed by atoms with Gasteiger partial charge in [0.05, 0.1) is 17.6 Å². The van der Waals surface area contributed by atoms with Crippen molar-refractivity contribution in [3.63, 3.8) is 0 Å². The van der Waals surface area contributed by atoms with Gasteiger partial charge in [-0.25, -0.2) is 8.42 Å². The smallest absolute Gasteiger partial charge is 0.319 e. The molecule has 8 nitrogen and oxygen atoms in total. The number of nitrogens with one attached hydrogen (secondary N) is 1. The Bertz CT molecular complexity index is 999. The molecule has 3 unspecified atom stereocenters. The number of piperidine rings is 1. The van der Waals surface area contributed by atoms with Crippen LogP contribution in [0.3, 0.4) is 0 Å². The number of fused-ring (bicyclic) bond motifs is 1. The molecular weight excluding hydrogens is 536 g/mol. The van der Waals surface area contributed by atoms with E-state index < -0.39 is 9.84 Å². The Morgan fingerprint density at radius 2 is 1.62 bits per heavy atom. The molecule has 3 saturated carbocycles. The Labute approximate surface area is 238 Å². The van der Waals surface area contributed by atoms with Crippen molar-refractivity contribution < 1.29 is 27.5 Å². The fraction of sp³-hybridized carbons (Fsp3) is 0.897. The minimum atomic E-state index is -2.98. The highest BCUT2D eigenvalue weighted by Crippen LogP contribution is 2.44. The monoisotopic (exact) mass is 582 g/mol. The molecule has 220 valence electrons. The number of carbonyl (C=O) groups is 3. The summed E-state index contributed by atoms with van der Waals surface area (Å²) in [6, 6.07) is 0.123. The van der Waals surface area contributed by atoms with Crippen molar-refractivity contribution in [2.75, 3.05) is 25.4 Å². The zero-order chi connectivity index (χ0) is 27.6. The van der Waals surface area contributed by atoms with Gasteiger partial charge in [0.1, 0.15) is 5.25 Å². The zero-order valence-corrected chi connectivity index (χ0v) is 25.0. The van der Waals surface area contributed by atoms with E-state index in [2.05, 4.69) is 5.32 Å². The summed E-state index contributed by atoms with van der Waals surface area (Å²) in [4.78, 5) is 40.3. The second-order valence-corrected chi connectivity index (χ2v) is 16.5. The first-order valence-electron chi connectivity index (χ1n) is 15.3. The highest BCUT2D eigenvalue weighted by atomic mass is 32.2. The number of amides is 2.